The molecule has 0 saturated carbocycles. The molecule has 0 bridgehead atoms. The van der Waals surface area contributed by atoms with Crippen LogP contribution in [0, 0.1) is 0 Å². The summed E-state index contributed by atoms with van der Waals surface area (Å²) in [6.45, 7) is 2.40. The van der Waals surface area contributed by atoms with E-state index in [-0.39, 0.29) is 13.2 Å². The topological polar surface area (TPSA) is 64.7 Å². The Balaban J connectivity index is 1.20. The molecule has 0 unspecified atom stereocenters. The number of aromatic nitrogens is 1. The van der Waals surface area contributed by atoms with Gasteiger partial charge in [0.05, 0.1) is 6.61 Å². The predicted molar refractivity (Wildman–Crippen MR) is 183 cm³/mol. The monoisotopic (exact) mass is 611 g/mol. The summed E-state index contributed by atoms with van der Waals surface area (Å²) in [5, 5.41) is 15.0. The molecule has 1 aromatic heterocycles. The van der Waals surface area contributed by atoms with Gasteiger partial charge in [-0.3, -0.25) is 0 Å². The highest BCUT2D eigenvalue weighted by Crippen LogP contribution is 2.40. The lowest BCUT2D eigenvalue weighted by Gasteiger charge is -2.36. The minimum atomic E-state index is -0.889. The molecule has 0 amide bonds. The second kappa shape index (κ2) is 19.9. The van der Waals surface area contributed by atoms with Gasteiger partial charge in [0, 0.05) is 12.5 Å². The summed E-state index contributed by atoms with van der Waals surface area (Å²) in [7, 11) is 0. The van der Waals surface area contributed by atoms with Crippen molar-refractivity contribution in [2.24, 2.45) is 0 Å². The first-order valence-corrected chi connectivity index (χ1v) is 17.3. The van der Waals surface area contributed by atoms with Crippen molar-refractivity contribution in [3.05, 3.63) is 120 Å². The Bertz CT molecular complexity index is 1190. The zero-order chi connectivity index (χ0) is 31.4. The molecule has 5 heteroatoms. The fraction of sp³-hybridized carbons (Fsp3) is 0.475. The molecule has 0 aliphatic carbocycles. The number of hydrogen-bond donors (Lipinski definition) is 1. The Morgan fingerprint density at radius 1 is 0.622 bits per heavy atom. The minimum Gasteiger partial charge on any atom is -0.473 e. The van der Waals surface area contributed by atoms with Gasteiger partial charge in [-0.25, -0.2) is 0 Å². The van der Waals surface area contributed by atoms with Crippen molar-refractivity contribution < 1.29 is 19.1 Å². The first-order valence-electron chi connectivity index (χ1n) is 17.3. The van der Waals surface area contributed by atoms with Crippen LogP contribution in [-0.4, -0.2) is 29.6 Å². The van der Waals surface area contributed by atoms with Gasteiger partial charge in [0.1, 0.15) is 24.1 Å². The van der Waals surface area contributed by atoms with E-state index in [0.29, 0.717) is 5.88 Å². The average Bonchev–Trinajstić information content (AvgIpc) is 3.55. The number of benzene rings is 3. The summed E-state index contributed by atoms with van der Waals surface area (Å²) in [6, 6.07) is 32.3. The maximum absolute atomic E-state index is 10.9. The number of aliphatic hydroxyl groups excluding tert-OH is 1. The lowest BCUT2D eigenvalue weighted by atomic mass is 9.80. The quantitative estimate of drug-likeness (QED) is 0.0668. The molecule has 1 N–H and O–H groups in total. The van der Waals surface area contributed by atoms with Crippen molar-refractivity contribution in [3.8, 4) is 5.88 Å². The van der Waals surface area contributed by atoms with Gasteiger partial charge in [0.25, 0.3) is 5.88 Å². The number of ether oxygens (including phenoxy) is 2. The smallest absolute Gasteiger partial charge is 0.254 e. The molecule has 5 nitrogen and oxygen atoms in total. The van der Waals surface area contributed by atoms with Crippen molar-refractivity contribution >= 4 is 0 Å². The lowest BCUT2D eigenvalue weighted by molar-refractivity contribution is -0.0499. The third-order valence-corrected chi connectivity index (χ3v) is 8.52. The normalized spacial score (nSPS) is 12.3. The van der Waals surface area contributed by atoms with Crippen LogP contribution in [0.25, 0.3) is 0 Å². The third-order valence-electron chi connectivity index (χ3n) is 8.52. The summed E-state index contributed by atoms with van der Waals surface area (Å²) in [5.74, 6) is 1.23. The van der Waals surface area contributed by atoms with Gasteiger partial charge in [-0.1, -0.05) is 175 Å². The van der Waals surface area contributed by atoms with Crippen LogP contribution in [0.1, 0.15) is 113 Å². The van der Waals surface area contributed by atoms with Crippen molar-refractivity contribution in [2.75, 3.05) is 13.2 Å². The molecule has 242 valence electrons. The molecule has 3 aromatic carbocycles. The second-order valence-corrected chi connectivity index (χ2v) is 12.2. The maximum Gasteiger partial charge on any atom is 0.254 e. The summed E-state index contributed by atoms with van der Waals surface area (Å²) in [6.07, 6.45) is 17.3. The minimum absolute atomic E-state index is 0.0547. The standard InChI is InChI=1S/C40H53NO4/c1-2-3-4-5-6-7-8-9-10-11-12-13-23-30-38-31-39(41-45-38)43-32-37(42)33-44-40(34-24-17-14-18-25-34,35-26-19-15-20-27-35)36-28-21-16-22-29-36/h14-22,24-29,31,37,42H,2-13,23,30,32-33H2,1H3/t37-/m1/s1. The number of aryl methyl sites for hydroxylation is 1. The van der Waals surface area contributed by atoms with Crippen molar-refractivity contribution in [1.29, 1.82) is 0 Å². The maximum atomic E-state index is 10.9. The molecule has 4 aromatic rings. The molecule has 4 rings (SSSR count). The number of hydrogen-bond acceptors (Lipinski definition) is 5. The van der Waals surface area contributed by atoms with Crippen molar-refractivity contribution in [2.45, 2.75) is 109 Å². The Labute approximate surface area is 271 Å². The van der Waals surface area contributed by atoms with Gasteiger partial charge in [-0.15, -0.1) is 0 Å². The van der Waals surface area contributed by atoms with E-state index in [1.807, 2.05) is 60.7 Å². The SMILES string of the molecule is CCCCCCCCCCCCCCCc1cc(OC[C@@H](O)COC(c2ccccc2)(c2ccccc2)c2ccccc2)no1. The van der Waals surface area contributed by atoms with E-state index >= 15 is 0 Å². The van der Waals surface area contributed by atoms with Crippen LogP contribution in [0.5, 0.6) is 5.88 Å². The number of rotatable bonds is 23. The molecule has 0 spiro atoms. The molecular weight excluding hydrogens is 558 g/mol. The third kappa shape index (κ3) is 11.2. The molecular formula is C40H53NO4. The molecule has 0 radical (unpaired) electrons. The van der Waals surface area contributed by atoms with Crippen LogP contribution < -0.4 is 4.74 Å². The van der Waals surface area contributed by atoms with Crippen molar-refractivity contribution in [3.63, 3.8) is 0 Å². The fourth-order valence-corrected chi connectivity index (χ4v) is 6.02. The van der Waals surface area contributed by atoms with Crippen molar-refractivity contribution in [1.82, 2.24) is 5.16 Å². The molecule has 0 saturated heterocycles. The van der Waals surface area contributed by atoms with Crippen LogP contribution in [0.2, 0.25) is 0 Å². The number of nitrogens with zero attached hydrogens (tertiary/aromatic N) is 1. The first kappa shape index (κ1) is 34.5. The summed E-state index contributed by atoms with van der Waals surface area (Å²) < 4.78 is 18.0. The first-order chi connectivity index (χ1) is 22.2. The Morgan fingerprint density at radius 3 is 1.53 bits per heavy atom. The highest BCUT2D eigenvalue weighted by molar-refractivity contribution is 5.47. The van der Waals surface area contributed by atoms with Gasteiger partial charge in [0.15, 0.2) is 0 Å². The van der Waals surface area contributed by atoms with Crippen LogP contribution in [0.15, 0.2) is 102 Å². The van der Waals surface area contributed by atoms with Gasteiger partial charge in [-0.2, -0.15) is 0 Å². The summed E-state index contributed by atoms with van der Waals surface area (Å²) in [5.41, 5.74) is 2.08. The van der Waals surface area contributed by atoms with Gasteiger partial charge < -0.3 is 19.1 Å². The Morgan fingerprint density at radius 2 is 1.07 bits per heavy atom. The molecule has 0 aliphatic heterocycles. The van der Waals surface area contributed by atoms with E-state index in [2.05, 4.69) is 48.5 Å². The molecule has 1 heterocycles. The van der Waals surface area contributed by atoms with Gasteiger partial charge in [0.2, 0.25) is 0 Å². The second-order valence-electron chi connectivity index (χ2n) is 12.2. The molecule has 0 fully saturated rings. The summed E-state index contributed by atoms with van der Waals surface area (Å²) in [4.78, 5) is 0. The van der Waals surface area contributed by atoms with E-state index in [9.17, 15) is 5.11 Å². The number of aliphatic hydroxyl groups is 1. The van der Waals surface area contributed by atoms with E-state index in [0.717, 1.165) is 35.3 Å². The van der Waals surface area contributed by atoms with Crippen LogP contribution >= 0.6 is 0 Å². The Hall–Kier alpha value is -3.41. The van der Waals surface area contributed by atoms with Gasteiger partial charge >= 0.3 is 0 Å². The zero-order valence-corrected chi connectivity index (χ0v) is 27.2. The van der Waals surface area contributed by atoms with E-state index in [4.69, 9.17) is 14.0 Å². The van der Waals surface area contributed by atoms with Crippen LogP contribution in [0.3, 0.4) is 0 Å². The van der Waals surface area contributed by atoms with E-state index < -0.39 is 11.7 Å². The zero-order valence-electron chi connectivity index (χ0n) is 27.2. The molecule has 0 aliphatic rings. The Kier molecular flexibility index (Phi) is 15.2. The molecule has 1 atom stereocenters. The van der Waals surface area contributed by atoms with E-state index in [1.165, 1.54) is 77.0 Å². The average molecular weight is 612 g/mol. The highest BCUT2D eigenvalue weighted by Gasteiger charge is 2.38. The lowest BCUT2D eigenvalue weighted by Crippen LogP contribution is -2.37. The largest absolute Gasteiger partial charge is 0.473 e. The van der Waals surface area contributed by atoms with Crippen LogP contribution in [0.4, 0.5) is 0 Å². The molecule has 45 heavy (non-hydrogen) atoms. The van der Waals surface area contributed by atoms with Crippen LogP contribution in [-0.2, 0) is 16.8 Å². The van der Waals surface area contributed by atoms with Gasteiger partial charge in [-0.05, 0) is 28.3 Å². The number of unbranched alkanes of at least 4 members (excludes halogenated alkanes) is 12. The summed E-state index contributed by atoms with van der Waals surface area (Å²) >= 11 is 0. The highest BCUT2D eigenvalue weighted by atomic mass is 16.6. The fourth-order valence-electron chi connectivity index (χ4n) is 6.02. The van der Waals surface area contributed by atoms with E-state index in [1.54, 1.807) is 0 Å². The predicted octanol–water partition coefficient (Wildman–Crippen LogP) is 10.1.